The average molecular weight is 405 g/mol. The standard InChI is InChI=1S/C24H36O5/c1-14(25)24(29-15(2)28-5)11-9-19-18-7-6-16-12-17(26)8-10-22(16,3)21(18)20(27)13-23(19,24)4/h12,15,18-21,27H,6-11,13H2,1-5H3/t15?,18-,19-,20?,21+,22-,23-,24-/m0/s1. The quantitative estimate of drug-likeness (QED) is 0.721. The summed E-state index contributed by atoms with van der Waals surface area (Å²) in [4.78, 5) is 25.0. The van der Waals surface area contributed by atoms with Gasteiger partial charge in [-0.15, -0.1) is 0 Å². The highest BCUT2D eigenvalue weighted by Gasteiger charge is 2.69. The zero-order valence-electron chi connectivity index (χ0n) is 18.5. The summed E-state index contributed by atoms with van der Waals surface area (Å²) in [5.41, 5.74) is -0.190. The minimum Gasteiger partial charge on any atom is -0.393 e. The number of allylic oxidation sites excluding steroid dienone is 1. The van der Waals surface area contributed by atoms with Gasteiger partial charge in [-0.05, 0) is 81.6 Å². The van der Waals surface area contributed by atoms with Gasteiger partial charge in [0, 0.05) is 18.9 Å². The molecule has 3 saturated carbocycles. The second-order valence-corrected chi connectivity index (χ2v) is 10.4. The molecule has 0 heterocycles. The summed E-state index contributed by atoms with van der Waals surface area (Å²) in [6.07, 6.45) is 6.38. The van der Waals surface area contributed by atoms with E-state index in [1.54, 1.807) is 14.0 Å². The number of aliphatic hydroxyl groups excluding tert-OH is 1. The first-order valence-corrected chi connectivity index (χ1v) is 11.2. The largest absolute Gasteiger partial charge is 0.393 e. The van der Waals surface area contributed by atoms with E-state index in [1.807, 2.05) is 13.0 Å². The van der Waals surface area contributed by atoms with Crippen molar-refractivity contribution in [2.75, 3.05) is 7.11 Å². The van der Waals surface area contributed by atoms with Gasteiger partial charge in [-0.25, -0.2) is 0 Å². The van der Waals surface area contributed by atoms with Crippen LogP contribution in [0, 0.1) is 28.6 Å². The Morgan fingerprint density at radius 3 is 2.62 bits per heavy atom. The molecular formula is C24H36O5. The van der Waals surface area contributed by atoms with Gasteiger partial charge in [-0.1, -0.05) is 19.4 Å². The van der Waals surface area contributed by atoms with Crippen LogP contribution in [0.1, 0.15) is 72.6 Å². The number of aliphatic hydroxyl groups is 1. The van der Waals surface area contributed by atoms with Crippen molar-refractivity contribution in [3.8, 4) is 0 Å². The normalized spacial score (nSPS) is 47.7. The van der Waals surface area contributed by atoms with Crippen molar-refractivity contribution in [1.29, 1.82) is 0 Å². The molecule has 0 saturated heterocycles. The molecule has 0 radical (unpaired) electrons. The second kappa shape index (κ2) is 7.00. The van der Waals surface area contributed by atoms with Gasteiger partial charge in [-0.2, -0.15) is 0 Å². The Morgan fingerprint density at radius 1 is 1.24 bits per heavy atom. The zero-order chi connectivity index (χ0) is 21.2. The van der Waals surface area contributed by atoms with E-state index in [4.69, 9.17) is 9.47 Å². The number of ketones is 2. The molecule has 4 aliphatic carbocycles. The summed E-state index contributed by atoms with van der Waals surface area (Å²) in [6, 6.07) is 0. The maximum Gasteiger partial charge on any atom is 0.162 e. The Bertz CT molecular complexity index is 744. The van der Waals surface area contributed by atoms with Crippen molar-refractivity contribution in [2.24, 2.45) is 28.6 Å². The van der Waals surface area contributed by atoms with Crippen molar-refractivity contribution < 1.29 is 24.2 Å². The highest BCUT2D eigenvalue weighted by atomic mass is 16.7. The molecule has 4 rings (SSSR count). The average Bonchev–Trinajstić information content (AvgIpc) is 2.94. The van der Waals surface area contributed by atoms with Crippen molar-refractivity contribution in [1.82, 2.24) is 0 Å². The minimum absolute atomic E-state index is 0.0444. The molecule has 0 spiro atoms. The third-order valence-corrected chi connectivity index (χ3v) is 9.28. The minimum atomic E-state index is -0.904. The van der Waals surface area contributed by atoms with E-state index in [1.165, 1.54) is 5.57 Å². The Hall–Kier alpha value is -1.04. The summed E-state index contributed by atoms with van der Waals surface area (Å²) in [6.45, 7) is 7.88. The molecule has 162 valence electrons. The number of hydrogen-bond donors (Lipinski definition) is 1. The number of hydrogen-bond acceptors (Lipinski definition) is 5. The molecule has 2 unspecified atom stereocenters. The van der Waals surface area contributed by atoms with E-state index in [2.05, 4.69) is 13.8 Å². The summed E-state index contributed by atoms with van der Waals surface area (Å²) in [5.74, 6) is 1.10. The van der Waals surface area contributed by atoms with E-state index in [0.717, 1.165) is 25.7 Å². The summed E-state index contributed by atoms with van der Waals surface area (Å²) in [5, 5.41) is 11.5. The number of Topliss-reactive ketones (excluding diaryl/α,β-unsaturated/α-hetero) is 1. The van der Waals surface area contributed by atoms with Crippen LogP contribution in [0.15, 0.2) is 11.6 Å². The molecule has 1 N–H and O–H groups in total. The third kappa shape index (κ3) is 2.84. The van der Waals surface area contributed by atoms with Crippen molar-refractivity contribution >= 4 is 11.6 Å². The fraction of sp³-hybridized carbons (Fsp3) is 0.833. The molecule has 0 amide bonds. The number of carbonyl (C=O) groups excluding carboxylic acids is 2. The molecule has 3 fully saturated rings. The number of methoxy groups -OCH3 is 1. The molecule has 0 aromatic carbocycles. The number of carbonyl (C=O) groups is 2. The van der Waals surface area contributed by atoms with Gasteiger partial charge in [0.2, 0.25) is 0 Å². The lowest BCUT2D eigenvalue weighted by Gasteiger charge is -2.61. The van der Waals surface area contributed by atoms with E-state index >= 15 is 0 Å². The first-order valence-electron chi connectivity index (χ1n) is 11.2. The number of rotatable bonds is 4. The van der Waals surface area contributed by atoms with Crippen LogP contribution >= 0.6 is 0 Å². The van der Waals surface area contributed by atoms with Crippen LogP contribution in [0.4, 0.5) is 0 Å². The van der Waals surface area contributed by atoms with Gasteiger partial charge in [-0.3, -0.25) is 9.59 Å². The van der Waals surface area contributed by atoms with E-state index in [9.17, 15) is 14.7 Å². The molecule has 4 aliphatic rings. The lowest BCUT2D eigenvalue weighted by Crippen LogP contribution is -2.62. The Morgan fingerprint density at radius 2 is 1.97 bits per heavy atom. The molecular weight excluding hydrogens is 368 g/mol. The molecule has 8 atom stereocenters. The molecule has 0 aromatic rings. The van der Waals surface area contributed by atoms with E-state index < -0.39 is 23.4 Å². The topological polar surface area (TPSA) is 72.8 Å². The monoisotopic (exact) mass is 404 g/mol. The molecule has 5 nitrogen and oxygen atoms in total. The van der Waals surface area contributed by atoms with Gasteiger partial charge in [0.1, 0.15) is 5.60 Å². The van der Waals surface area contributed by atoms with Crippen molar-refractivity contribution in [2.45, 2.75) is 90.6 Å². The summed E-state index contributed by atoms with van der Waals surface area (Å²) < 4.78 is 11.7. The maximum atomic E-state index is 13.0. The van der Waals surface area contributed by atoms with Gasteiger partial charge >= 0.3 is 0 Å². The van der Waals surface area contributed by atoms with Crippen LogP contribution in [-0.2, 0) is 19.1 Å². The maximum absolute atomic E-state index is 13.0. The van der Waals surface area contributed by atoms with Crippen molar-refractivity contribution in [3.63, 3.8) is 0 Å². The molecule has 0 aromatic heterocycles. The van der Waals surface area contributed by atoms with Crippen LogP contribution in [0.5, 0.6) is 0 Å². The Labute approximate surface area is 174 Å². The van der Waals surface area contributed by atoms with E-state index in [0.29, 0.717) is 31.1 Å². The smallest absolute Gasteiger partial charge is 0.162 e. The van der Waals surface area contributed by atoms with Crippen LogP contribution < -0.4 is 0 Å². The van der Waals surface area contributed by atoms with Crippen LogP contribution in [0.2, 0.25) is 0 Å². The molecule has 5 heteroatoms. The van der Waals surface area contributed by atoms with Gasteiger partial charge < -0.3 is 14.6 Å². The predicted molar refractivity (Wildman–Crippen MR) is 109 cm³/mol. The molecule has 0 aliphatic heterocycles. The fourth-order valence-electron chi connectivity index (χ4n) is 7.86. The highest BCUT2D eigenvalue weighted by molar-refractivity contribution is 5.91. The highest BCUT2D eigenvalue weighted by Crippen LogP contribution is 2.68. The lowest BCUT2D eigenvalue weighted by molar-refractivity contribution is -0.241. The van der Waals surface area contributed by atoms with Crippen molar-refractivity contribution in [3.05, 3.63) is 11.6 Å². The van der Waals surface area contributed by atoms with Gasteiger partial charge in [0.05, 0.1) is 6.10 Å². The first-order chi connectivity index (χ1) is 13.6. The Balaban J connectivity index is 1.73. The number of fused-ring (bicyclic) bond motifs is 5. The molecule has 0 bridgehead atoms. The van der Waals surface area contributed by atoms with Crippen LogP contribution in [0.25, 0.3) is 0 Å². The van der Waals surface area contributed by atoms with Gasteiger partial charge in [0.15, 0.2) is 17.9 Å². The van der Waals surface area contributed by atoms with Gasteiger partial charge in [0.25, 0.3) is 0 Å². The molecule has 29 heavy (non-hydrogen) atoms. The predicted octanol–water partition coefficient (Wildman–Crippen LogP) is 3.83. The SMILES string of the molecule is COC(C)O[C@]1(C(C)=O)CC[C@H]2[C@@H]3CCC4=CC(=O)CC[C@]4(C)[C@H]3C(O)C[C@@]21C. The summed E-state index contributed by atoms with van der Waals surface area (Å²) >= 11 is 0. The van der Waals surface area contributed by atoms with E-state index in [-0.39, 0.29) is 22.9 Å². The first kappa shape index (κ1) is 21.2. The zero-order valence-corrected chi connectivity index (χ0v) is 18.5. The number of ether oxygens (including phenoxy) is 2. The van der Waals surface area contributed by atoms with Crippen LogP contribution in [-0.4, -0.2) is 41.8 Å². The summed E-state index contributed by atoms with van der Waals surface area (Å²) in [7, 11) is 1.60. The lowest BCUT2D eigenvalue weighted by atomic mass is 9.45. The van der Waals surface area contributed by atoms with Crippen LogP contribution in [0.3, 0.4) is 0 Å². The third-order valence-electron chi connectivity index (χ3n) is 9.28. The second-order valence-electron chi connectivity index (χ2n) is 10.4. The Kier molecular flexibility index (Phi) is 5.12. The fourth-order valence-corrected chi connectivity index (χ4v) is 7.86.